The van der Waals surface area contributed by atoms with Crippen molar-refractivity contribution in [2.24, 2.45) is 4.99 Å². The molecule has 0 unspecified atom stereocenters. The molecule has 0 spiro atoms. The molecule has 2 heterocycles. The molecule has 0 N–H and O–H groups in total. The van der Waals surface area contributed by atoms with E-state index in [4.69, 9.17) is 0 Å². The van der Waals surface area contributed by atoms with Crippen LogP contribution < -0.4 is 0 Å². The molecule has 7 heteroatoms. The molecule has 0 bridgehead atoms. The van der Waals surface area contributed by atoms with Crippen molar-refractivity contribution in [2.45, 2.75) is 13.5 Å². The van der Waals surface area contributed by atoms with Gasteiger partial charge in [0.2, 0.25) is 5.82 Å². The Labute approximate surface area is 151 Å². The quantitative estimate of drug-likeness (QED) is 0.618. The highest BCUT2D eigenvalue weighted by molar-refractivity contribution is 9.10. The van der Waals surface area contributed by atoms with Gasteiger partial charge in [-0.3, -0.25) is 9.79 Å². The number of hydrogen-bond acceptors (Lipinski definition) is 4. The Morgan fingerprint density at radius 2 is 2.00 bits per heavy atom. The van der Waals surface area contributed by atoms with Crippen LogP contribution in [0.1, 0.15) is 34.5 Å². The topological polar surface area (TPSA) is 60.1 Å². The van der Waals surface area contributed by atoms with Crippen molar-refractivity contribution in [1.82, 2.24) is 14.8 Å². The van der Waals surface area contributed by atoms with Crippen LogP contribution in [-0.4, -0.2) is 26.3 Å². The molecule has 1 aliphatic rings. The van der Waals surface area contributed by atoms with Crippen LogP contribution in [0.2, 0.25) is 0 Å². The lowest BCUT2D eigenvalue weighted by molar-refractivity contribution is 0.100. The zero-order valence-electron chi connectivity index (χ0n) is 13.2. The number of ketones is 1. The highest BCUT2D eigenvalue weighted by Gasteiger charge is 2.24. The number of carbonyl (C=O) groups is 1. The van der Waals surface area contributed by atoms with Gasteiger partial charge >= 0.3 is 0 Å². The normalized spacial score (nSPS) is 12.8. The second-order valence-corrected chi connectivity index (χ2v) is 6.54. The third-order valence-corrected chi connectivity index (χ3v) is 4.43. The van der Waals surface area contributed by atoms with Crippen molar-refractivity contribution in [3.8, 4) is 5.69 Å². The monoisotopic (exact) mass is 398 g/mol. The van der Waals surface area contributed by atoms with Gasteiger partial charge in [0.25, 0.3) is 0 Å². The highest BCUT2D eigenvalue weighted by Crippen LogP contribution is 2.28. The molecule has 3 aromatic rings. The smallest absolute Gasteiger partial charge is 0.217 e. The number of benzene rings is 2. The van der Waals surface area contributed by atoms with Crippen LogP contribution in [0.4, 0.5) is 4.39 Å². The zero-order valence-corrected chi connectivity index (χ0v) is 14.8. The van der Waals surface area contributed by atoms with Gasteiger partial charge in [0.15, 0.2) is 11.6 Å². The van der Waals surface area contributed by atoms with E-state index in [0.717, 1.165) is 10.0 Å². The fourth-order valence-corrected chi connectivity index (χ4v) is 3.15. The lowest BCUT2D eigenvalue weighted by atomic mass is 10.0. The van der Waals surface area contributed by atoms with Gasteiger partial charge in [-0.05, 0) is 30.3 Å². The predicted molar refractivity (Wildman–Crippen MR) is 94.8 cm³/mol. The molecule has 0 saturated carbocycles. The van der Waals surface area contributed by atoms with Crippen LogP contribution in [0.3, 0.4) is 0 Å². The lowest BCUT2D eigenvalue weighted by Gasteiger charge is -2.11. The van der Waals surface area contributed by atoms with Gasteiger partial charge in [0.1, 0.15) is 5.82 Å². The van der Waals surface area contributed by atoms with Crippen LogP contribution in [-0.2, 0) is 6.54 Å². The predicted octanol–water partition coefficient (Wildman–Crippen LogP) is 3.72. The number of halogens is 2. The Morgan fingerprint density at radius 1 is 1.20 bits per heavy atom. The third kappa shape index (κ3) is 2.70. The summed E-state index contributed by atoms with van der Waals surface area (Å²) in [5.74, 6) is 0.134. The number of carbonyl (C=O) groups excluding carboxylic acids is 1. The molecule has 0 atom stereocenters. The van der Waals surface area contributed by atoms with E-state index in [0.29, 0.717) is 22.8 Å². The number of fused-ring (bicyclic) bond motifs is 3. The van der Waals surface area contributed by atoms with E-state index in [1.807, 2.05) is 18.2 Å². The van der Waals surface area contributed by atoms with Crippen LogP contribution >= 0.6 is 15.9 Å². The van der Waals surface area contributed by atoms with Gasteiger partial charge in [-0.2, -0.15) is 0 Å². The zero-order chi connectivity index (χ0) is 17.6. The van der Waals surface area contributed by atoms with Crippen LogP contribution in [0.25, 0.3) is 5.69 Å². The lowest BCUT2D eigenvalue weighted by Crippen LogP contribution is -2.10. The van der Waals surface area contributed by atoms with Crippen molar-refractivity contribution in [3.05, 3.63) is 75.5 Å². The Balaban J connectivity index is 1.98. The van der Waals surface area contributed by atoms with Gasteiger partial charge in [-0.15, -0.1) is 5.10 Å². The summed E-state index contributed by atoms with van der Waals surface area (Å²) in [5.41, 5.74) is 2.38. The molecule has 124 valence electrons. The number of hydrogen-bond donors (Lipinski definition) is 0. The summed E-state index contributed by atoms with van der Waals surface area (Å²) in [7, 11) is 0. The van der Waals surface area contributed by atoms with Gasteiger partial charge in [0, 0.05) is 22.5 Å². The number of Topliss-reactive ketones (excluding diaryl/α,β-unsaturated/α-hetero) is 1. The molecule has 0 radical (unpaired) electrons. The first-order valence-electron chi connectivity index (χ1n) is 7.61. The van der Waals surface area contributed by atoms with E-state index < -0.39 is 0 Å². The van der Waals surface area contributed by atoms with E-state index in [9.17, 15) is 9.18 Å². The first-order valence-corrected chi connectivity index (χ1v) is 8.40. The first-order chi connectivity index (χ1) is 12.0. The Morgan fingerprint density at radius 3 is 2.76 bits per heavy atom. The molecule has 0 saturated heterocycles. The molecular weight excluding hydrogens is 387 g/mol. The molecule has 0 aliphatic carbocycles. The van der Waals surface area contributed by atoms with Crippen LogP contribution in [0.15, 0.2) is 51.9 Å². The van der Waals surface area contributed by atoms with Crippen molar-refractivity contribution in [2.75, 3.05) is 0 Å². The highest BCUT2D eigenvalue weighted by atomic mass is 79.9. The molecule has 1 aliphatic heterocycles. The Bertz CT molecular complexity index is 1040. The molecule has 4 rings (SSSR count). The summed E-state index contributed by atoms with van der Waals surface area (Å²) in [6.07, 6.45) is 0. The minimum atomic E-state index is -0.343. The molecule has 0 amide bonds. The molecular formula is C18H12BrFN4O. The summed E-state index contributed by atoms with van der Waals surface area (Å²) < 4.78 is 16.8. The van der Waals surface area contributed by atoms with Crippen molar-refractivity contribution < 1.29 is 9.18 Å². The molecule has 2 aromatic carbocycles. The molecule has 0 fully saturated rings. The minimum Gasteiger partial charge on any atom is -0.291 e. The number of rotatable bonds is 2. The van der Waals surface area contributed by atoms with Crippen LogP contribution in [0, 0.1) is 5.82 Å². The largest absolute Gasteiger partial charge is 0.291 e. The maximum atomic E-state index is 14.4. The number of aromatic nitrogens is 3. The average molecular weight is 399 g/mol. The first kappa shape index (κ1) is 15.8. The third-order valence-electron chi connectivity index (χ3n) is 3.94. The maximum Gasteiger partial charge on any atom is 0.217 e. The number of aliphatic imine (C=N–C) groups is 1. The standard InChI is InChI=1S/C18H12BrFN4O/c1-10(25)18-22-16-9-21-17(12-4-2-3-5-14(12)20)13-8-11(19)6-7-15(13)24(16)23-18/h2-8H,9H2,1H3. The number of nitrogens with zero attached hydrogens (tertiary/aromatic N) is 4. The molecule has 25 heavy (non-hydrogen) atoms. The Kier molecular flexibility index (Phi) is 3.80. The van der Waals surface area contributed by atoms with Crippen molar-refractivity contribution in [3.63, 3.8) is 0 Å². The fourth-order valence-electron chi connectivity index (χ4n) is 2.79. The van der Waals surface area contributed by atoms with Crippen molar-refractivity contribution >= 4 is 27.4 Å². The second kappa shape index (κ2) is 6.00. The average Bonchev–Trinajstić information content (AvgIpc) is 2.95. The van der Waals surface area contributed by atoms with Gasteiger partial charge < -0.3 is 0 Å². The fraction of sp³-hybridized carbons (Fsp3) is 0.111. The van der Waals surface area contributed by atoms with Crippen molar-refractivity contribution in [1.29, 1.82) is 0 Å². The second-order valence-electron chi connectivity index (χ2n) is 5.63. The summed E-state index contributed by atoms with van der Waals surface area (Å²) in [4.78, 5) is 20.5. The summed E-state index contributed by atoms with van der Waals surface area (Å²) in [6, 6.07) is 12.1. The van der Waals surface area contributed by atoms with E-state index >= 15 is 0 Å². The van der Waals surface area contributed by atoms with E-state index in [1.165, 1.54) is 13.0 Å². The summed E-state index contributed by atoms with van der Waals surface area (Å²) >= 11 is 3.45. The van der Waals surface area contributed by atoms with Gasteiger partial charge in [-0.25, -0.2) is 14.1 Å². The SMILES string of the molecule is CC(=O)c1nc2n(n1)-c1ccc(Br)cc1C(c1ccccc1F)=NC2. The van der Waals surface area contributed by atoms with Gasteiger partial charge in [0.05, 0.1) is 17.9 Å². The molecule has 1 aromatic heterocycles. The van der Waals surface area contributed by atoms with Crippen LogP contribution in [0.5, 0.6) is 0 Å². The maximum absolute atomic E-state index is 14.4. The van der Waals surface area contributed by atoms with E-state index in [1.54, 1.807) is 22.9 Å². The summed E-state index contributed by atoms with van der Waals surface area (Å²) in [6.45, 7) is 1.63. The van der Waals surface area contributed by atoms with E-state index in [2.05, 4.69) is 31.0 Å². The van der Waals surface area contributed by atoms with E-state index in [-0.39, 0.29) is 24.0 Å². The van der Waals surface area contributed by atoms with Gasteiger partial charge in [-0.1, -0.05) is 28.1 Å². The Hall–Kier alpha value is -2.67. The molecule has 5 nitrogen and oxygen atoms in total. The summed E-state index contributed by atoms with van der Waals surface area (Å²) in [5, 5.41) is 4.31. The minimum absolute atomic E-state index is 0.147.